The Bertz CT molecular complexity index is 594. The zero-order valence-electron chi connectivity index (χ0n) is 12.9. The van der Waals surface area contributed by atoms with Crippen molar-refractivity contribution in [1.29, 1.82) is 0 Å². The van der Waals surface area contributed by atoms with Crippen molar-refractivity contribution in [2.45, 2.75) is 37.8 Å². The molecule has 1 aromatic rings. The average molecular weight is 318 g/mol. The molecule has 0 bridgehead atoms. The highest BCUT2D eigenvalue weighted by Crippen LogP contribution is 2.32. The molecule has 2 aliphatic rings. The largest absolute Gasteiger partial charge is 0.481 e. The number of carbonyl (C=O) groups is 1. The molecule has 6 nitrogen and oxygen atoms in total. The van der Waals surface area contributed by atoms with Gasteiger partial charge in [-0.15, -0.1) is 0 Å². The molecule has 6 heteroatoms. The monoisotopic (exact) mass is 318 g/mol. The Balaban J connectivity index is 1.73. The van der Waals surface area contributed by atoms with Crippen LogP contribution in [0.15, 0.2) is 36.3 Å². The number of carboxylic acid groups (broad SMARTS) is 1. The van der Waals surface area contributed by atoms with Gasteiger partial charge in [-0.2, -0.15) is 0 Å². The summed E-state index contributed by atoms with van der Waals surface area (Å²) in [4.78, 5) is 11.1. The molecule has 1 unspecified atom stereocenters. The first kappa shape index (κ1) is 15.7. The SMILES string of the molecule is Nc1ccccc1C(NC1CCC(C(=O)O)CC1)C1=COCO1. The van der Waals surface area contributed by atoms with Gasteiger partial charge in [-0.25, -0.2) is 0 Å². The van der Waals surface area contributed by atoms with E-state index in [0.717, 1.165) is 18.4 Å². The predicted molar refractivity (Wildman–Crippen MR) is 85.2 cm³/mol. The second-order valence-corrected chi connectivity index (χ2v) is 6.06. The fourth-order valence-corrected chi connectivity index (χ4v) is 3.25. The van der Waals surface area contributed by atoms with E-state index in [-0.39, 0.29) is 24.8 Å². The molecule has 1 aliphatic carbocycles. The lowest BCUT2D eigenvalue weighted by molar-refractivity contribution is -0.142. The smallest absolute Gasteiger partial charge is 0.306 e. The first-order valence-corrected chi connectivity index (χ1v) is 7.93. The van der Waals surface area contributed by atoms with Gasteiger partial charge in [-0.3, -0.25) is 4.79 Å². The predicted octanol–water partition coefficient (Wildman–Crippen LogP) is 2.39. The molecule has 1 heterocycles. The van der Waals surface area contributed by atoms with Gasteiger partial charge in [0, 0.05) is 11.7 Å². The molecule has 0 spiro atoms. The Hall–Kier alpha value is -2.21. The number of benzene rings is 1. The molecule has 3 rings (SSSR count). The fraction of sp³-hybridized carbons (Fsp3) is 0.471. The Kier molecular flexibility index (Phi) is 4.71. The van der Waals surface area contributed by atoms with Gasteiger partial charge in [0.05, 0.1) is 12.0 Å². The van der Waals surface area contributed by atoms with Crippen LogP contribution in [0.25, 0.3) is 0 Å². The van der Waals surface area contributed by atoms with Crippen LogP contribution in [-0.2, 0) is 14.3 Å². The van der Waals surface area contributed by atoms with E-state index in [2.05, 4.69) is 5.32 Å². The van der Waals surface area contributed by atoms with Crippen molar-refractivity contribution in [3.8, 4) is 0 Å². The second-order valence-electron chi connectivity index (χ2n) is 6.06. The van der Waals surface area contributed by atoms with Crippen LogP contribution in [0.5, 0.6) is 0 Å². The van der Waals surface area contributed by atoms with E-state index in [0.29, 0.717) is 24.3 Å². The van der Waals surface area contributed by atoms with Gasteiger partial charge in [0.2, 0.25) is 6.79 Å². The number of aliphatic carboxylic acids is 1. The molecule has 23 heavy (non-hydrogen) atoms. The van der Waals surface area contributed by atoms with Crippen molar-refractivity contribution in [3.05, 3.63) is 41.9 Å². The highest BCUT2D eigenvalue weighted by Gasteiger charge is 2.30. The molecule has 4 N–H and O–H groups in total. The molecule has 1 aliphatic heterocycles. The Morgan fingerprint density at radius 3 is 2.61 bits per heavy atom. The third kappa shape index (κ3) is 3.59. The third-order valence-electron chi connectivity index (χ3n) is 4.56. The summed E-state index contributed by atoms with van der Waals surface area (Å²) in [5.41, 5.74) is 7.76. The quantitative estimate of drug-likeness (QED) is 0.722. The Morgan fingerprint density at radius 2 is 2.00 bits per heavy atom. The zero-order chi connectivity index (χ0) is 16.2. The third-order valence-corrected chi connectivity index (χ3v) is 4.56. The van der Waals surface area contributed by atoms with E-state index in [9.17, 15) is 4.79 Å². The van der Waals surface area contributed by atoms with E-state index >= 15 is 0 Å². The van der Waals surface area contributed by atoms with Crippen molar-refractivity contribution >= 4 is 11.7 Å². The number of anilines is 1. The van der Waals surface area contributed by atoms with E-state index in [1.54, 1.807) is 6.26 Å². The summed E-state index contributed by atoms with van der Waals surface area (Å²) in [6.45, 7) is 0.214. The standard InChI is InChI=1S/C17H22N2O4/c18-14-4-2-1-3-13(14)16(15-9-22-10-23-15)19-12-7-5-11(6-8-12)17(20)21/h1-4,9,11-12,16,19H,5-8,10,18H2,(H,20,21). The zero-order valence-corrected chi connectivity index (χ0v) is 12.9. The van der Waals surface area contributed by atoms with Crippen molar-refractivity contribution in [1.82, 2.24) is 5.32 Å². The maximum absolute atomic E-state index is 11.1. The lowest BCUT2D eigenvalue weighted by Gasteiger charge is -2.31. The summed E-state index contributed by atoms with van der Waals surface area (Å²) >= 11 is 0. The lowest BCUT2D eigenvalue weighted by atomic mass is 9.85. The number of nitrogens with two attached hydrogens (primary N) is 1. The molecule has 0 saturated heterocycles. The normalized spacial score (nSPS) is 25.1. The Labute approximate surface area is 135 Å². The summed E-state index contributed by atoms with van der Waals surface area (Å²) in [6, 6.07) is 7.73. The van der Waals surface area contributed by atoms with Crippen molar-refractivity contribution in [2.24, 2.45) is 5.92 Å². The first-order chi connectivity index (χ1) is 11.1. The van der Waals surface area contributed by atoms with E-state index in [1.807, 2.05) is 24.3 Å². The number of ether oxygens (including phenoxy) is 2. The van der Waals surface area contributed by atoms with Crippen LogP contribution < -0.4 is 11.1 Å². The van der Waals surface area contributed by atoms with Crippen LogP contribution in [-0.4, -0.2) is 23.9 Å². The molecular weight excluding hydrogens is 296 g/mol. The van der Waals surface area contributed by atoms with Gasteiger partial charge in [0.1, 0.15) is 6.26 Å². The number of hydrogen-bond donors (Lipinski definition) is 3. The van der Waals surface area contributed by atoms with Gasteiger partial charge < -0.3 is 25.6 Å². The number of hydrogen-bond acceptors (Lipinski definition) is 5. The molecule has 1 aromatic carbocycles. The van der Waals surface area contributed by atoms with E-state index in [4.69, 9.17) is 20.3 Å². The van der Waals surface area contributed by atoms with Crippen molar-refractivity contribution in [2.75, 3.05) is 12.5 Å². The van der Waals surface area contributed by atoms with Crippen LogP contribution in [0.4, 0.5) is 5.69 Å². The van der Waals surface area contributed by atoms with Crippen LogP contribution in [0.2, 0.25) is 0 Å². The van der Waals surface area contributed by atoms with Gasteiger partial charge in [-0.1, -0.05) is 18.2 Å². The molecule has 0 radical (unpaired) electrons. The minimum atomic E-state index is -0.692. The van der Waals surface area contributed by atoms with Crippen LogP contribution >= 0.6 is 0 Å². The number of carboxylic acids is 1. The van der Waals surface area contributed by atoms with E-state index in [1.165, 1.54) is 0 Å². The van der Waals surface area contributed by atoms with Gasteiger partial charge in [-0.05, 0) is 37.3 Å². The molecule has 0 amide bonds. The van der Waals surface area contributed by atoms with Crippen molar-refractivity contribution in [3.63, 3.8) is 0 Å². The minimum absolute atomic E-state index is 0.176. The maximum atomic E-state index is 11.1. The number of rotatable bonds is 5. The average Bonchev–Trinajstić information content (AvgIpc) is 3.08. The number of nitrogen functional groups attached to an aromatic ring is 1. The highest BCUT2D eigenvalue weighted by atomic mass is 16.7. The summed E-state index contributed by atoms with van der Waals surface area (Å²) in [5.74, 6) is -0.204. The highest BCUT2D eigenvalue weighted by molar-refractivity contribution is 5.70. The van der Waals surface area contributed by atoms with Crippen molar-refractivity contribution < 1.29 is 19.4 Å². The second kappa shape index (κ2) is 6.91. The fourth-order valence-electron chi connectivity index (χ4n) is 3.25. The lowest BCUT2D eigenvalue weighted by Crippen LogP contribution is -2.38. The molecule has 124 valence electrons. The van der Waals surface area contributed by atoms with E-state index < -0.39 is 5.97 Å². The minimum Gasteiger partial charge on any atom is -0.481 e. The summed E-state index contributed by atoms with van der Waals surface area (Å²) < 4.78 is 10.7. The van der Waals surface area contributed by atoms with Gasteiger partial charge >= 0.3 is 5.97 Å². The molecule has 1 saturated carbocycles. The topological polar surface area (TPSA) is 93.8 Å². The molecule has 1 atom stereocenters. The van der Waals surface area contributed by atoms with Crippen LogP contribution in [0.3, 0.4) is 0 Å². The Morgan fingerprint density at radius 1 is 1.26 bits per heavy atom. The van der Waals surface area contributed by atoms with Crippen LogP contribution in [0.1, 0.15) is 37.3 Å². The summed E-state index contributed by atoms with van der Waals surface area (Å²) in [5, 5.41) is 12.7. The van der Waals surface area contributed by atoms with Gasteiger partial charge in [0.15, 0.2) is 5.76 Å². The maximum Gasteiger partial charge on any atom is 0.306 e. The van der Waals surface area contributed by atoms with Gasteiger partial charge in [0.25, 0.3) is 0 Å². The molecule has 1 fully saturated rings. The summed E-state index contributed by atoms with van der Waals surface area (Å²) in [7, 11) is 0. The first-order valence-electron chi connectivity index (χ1n) is 7.93. The number of para-hydroxylation sites is 1. The summed E-state index contributed by atoms with van der Waals surface area (Å²) in [6.07, 6.45) is 4.66. The number of nitrogens with one attached hydrogen (secondary N) is 1. The van der Waals surface area contributed by atoms with Crippen LogP contribution in [0, 0.1) is 5.92 Å². The molecule has 0 aromatic heterocycles. The molecular formula is C17H22N2O4.